The van der Waals surface area contributed by atoms with Crippen molar-refractivity contribution in [1.29, 1.82) is 0 Å². The molecule has 0 atom stereocenters. The lowest BCUT2D eigenvalue weighted by Crippen LogP contribution is -2.20. The maximum Gasteiger partial charge on any atom is 0.0737 e. The van der Waals surface area contributed by atoms with Crippen LogP contribution in [0, 0.1) is 0 Å². The first-order chi connectivity index (χ1) is 29.5. The van der Waals surface area contributed by atoms with Crippen molar-refractivity contribution < 1.29 is 0 Å². The largest absolute Gasteiger partial charge is 0.374 e. The molecule has 306 valence electrons. The van der Waals surface area contributed by atoms with Crippen LogP contribution in [-0.4, -0.2) is 91.9 Å². The van der Waals surface area contributed by atoms with Gasteiger partial charge in [-0.25, -0.2) is 9.97 Å². The Morgan fingerprint density at radius 1 is 0.383 bits per heavy atom. The molecule has 6 aliphatic rings. The number of hydrogen-bond donors (Lipinski definition) is 2. The van der Waals surface area contributed by atoms with Gasteiger partial charge in [0.25, 0.3) is 0 Å². The highest BCUT2D eigenvalue weighted by atomic mass is 15.1. The van der Waals surface area contributed by atoms with E-state index in [0.29, 0.717) is 0 Å². The van der Waals surface area contributed by atoms with Crippen molar-refractivity contribution in [2.45, 2.75) is 53.4 Å². The fourth-order valence-electron chi connectivity index (χ4n) is 9.09. The van der Waals surface area contributed by atoms with Crippen LogP contribution in [0.3, 0.4) is 0 Å². The molecule has 0 saturated heterocycles. The second kappa shape index (κ2) is 17.5. The zero-order valence-corrected chi connectivity index (χ0v) is 35.7. The number of aromatic nitrogens is 4. The molecule has 0 aromatic carbocycles. The highest BCUT2D eigenvalue weighted by Gasteiger charge is 2.22. The summed E-state index contributed by atoms with van der Waals surface area (Å²) >= 11 is 0. The predicted octanol–water partition coefficient (Wildman–Crippen LogP) is 11.1. The summed E-state index contributed by atoms with van der Waals surface area (Å²) in [5.74, 6) is 0. The van der Waals surface area contributed by atoms with Crippen LogP contribution in [0.5, 0.6) is 0 Å². The van der Waals surface area contributed by atoms with Gasteiger partial charge >= 0.3 is 0 Å². The second-order valence-corrected chi connectivity index (χ2v) is 16.4. The molecule has 8 bridgehead atoms. The molecule has 0 saturated carbocycles. The van der Waals surface area contributed by atoms with Gasteiger partial charge in [0.15, 0.2) is 0 Å². The first kappa shape index (κ1) is 39.2. The first-order valence-electron chi connectivity index (χ1n) is 22.2. The Kier molecular flexibility index (Phi) is 11.4. The summed E-state index contributed by atoms with van der Waals surface area (Å²) < 4.78 is 0. The molecule has 8 heteroatoms. The monoisotopic (exact) mass is 794 g/mol. The van der Waals surface area contributed by atoms with E-state index in [-0.39, 0.29) is 0 Å². The zero-order chi connectivity index (χ0) is 41.0. The Morgan fingerprint density at radius 3 is 0.833 bits per heavy atom. The molecule has 2 N–H and O–H groups in total. The normalized spacial score (nSPS) is 17.1. The molecule has 8 nitrogen and oxygen atoms in total. The summed E-state index contributed by atoms with van der Waals surface area (Å²) in [6.45, 7) is 16.5. The van der Waals surface area contributed by atoms with E-state index in [4.69, 9.17) is 9.97 Å². The number of fused-ring (bicyclic) bond motifs is 8. The molecule has 3 aromatic heterocycles. The van der Waals surface area contributed by atoms with Crippen LogP contribution in [0.15, 0.2) is 97.7 Å². The SMILES string of the molecule is CCCN1C=CC(c2c3nc(c(C4=CCN(CCC)C=C4)c4ccc([nH]4)c(C4=CCN(CCC)C=C4)c4nc(c(C5=CCN(CCC)C=C5)c5ccc2[nH]5)C=C4)C=C3)=CC1. The van der Waals surface area contributed by atoms with Crippen LogP contribution in [0.1, 0.15) is 98.4 Å². The fourth-order valence-corrected chi connectivity index (χ4v) is 9.09. The highest BCUT2D eigenvalue weighted by Crippen LogP contribution is 2.37. The lowest BCUT2D eigenvalue weighted by Gasteiger charge is -2.22. The maximum absolute atomic E-state index is 5.54. The third-order valence-electron chi connectivity index (χ3n) is 12.0. The fraction of sp³-hybridized carbons (Fsp3) is 0.308. The molecule has 0 aliphatic carbocycles. The Bertz CT molecular complexity index is 2280. The van der Waals surface area contributed by atoms with E-state index >= 15 is 0 Å². The van der Waals surface area contributed by atoms with Gasteiger partial charge in [-0.3, -0.25) is 0 Å². The number of rotatable bonds is 12. The summed E-state index contributed by atoms with van der Waals surface area (Å²) in [6.07, 6.45) is 40.7. The van der Waals surface area contributed by atoms with Crippen molar-refractivity contribution in [3.8, 4) is 0 Å². The number of H-pyrrole nitrogens is 2. The number of hydrogen-bond acceptors (Lipinski definition) is 6. The second-order valence-electron chi connectivity index (χ2n) is 16.4. The summed E-state index contributed by atoms with van der Waals surface area (Å²) in [6, 6.07) is 8.94. The Balaban J connectivity index is 1.34. The molecular weight excluding hydrogens is 737 g/mol. The highest BCUT2D eigenvalue weighted by molar-refractivity contribution is 5.99. The third kappa shape index (κ3) is 7.91. The van der Waals surface area contributed by atoms with Crippen molar-refractivity contribution in [1.82, 2.24) is 39.5 Å². The van der Waals surface area contributed by atoms with Crippen LogP contribution < -0.4 is 0 Å². The van der Waals surface area contributed by atoms with Gasteiger partial charge in [-0.15, -0.1) is 0 Å². The molecular formula is C52H58N8. The molecule has 0 unspecified atom stereocenters. The van der Waals surface area contributed by atoms with Gasteiger partial charge < -0.3 is 29.6 Å². The van der Waals surface area contributed by atoms with E-state index in [2.05, 4.69) is 179 Å². The molecule has 60 heavy (non-hydrogen) atoms. The summed E-state index contributed by atoms with van der Waals surface area (Å²) in [4.78, 5) is 28.5. The lowest BCUT2D eigenvalue weighted by atomic mass is 10.0. The Hall–Kier alpha value is -6.28. The number of nitrogens with one attached hydrogen (secondary N) is 2. The number of aromatic amines is 2. The van der Waals surface area contributed by atoms with Crippen LogP contribution in [0.25, 0.3) is 68.7 Å². The van der Waals surface area contributed by atoms with Crippen molar-refractivity contribution in [2.75, 3.05) is 52.4 Å². The van der Waals surface area contributed by atoms with E-state index in [0.717, 1.165) is 145 Å². The Labute approximate surface area is 355 Å². The van der Waals surface area contributed by atoms with E-state index in [1.165, 1.54) is 22.3 Å². The van der Waals surface area contributed by atoms with E-state index in [1.807, 2.05) is 0 Å². The minimum atomic E-state index is 0.865. The molecule has 6 aliphatic heterocycles. The van der Waals surface area contributed by atoms with E-state index < -0.39 is 0 Å². The van der Waals surface area contributed by atoms with Crippen molar-refractivity contribution in [3.05, 3.63) is 143 Å². The van der Waals surface area contributed by atoms with Crippen molar-refractivity contribution in [3.63, 3.8) is 0 Å². The number of allylic oxidation sites excluding steroid dienone is 8. The van der Waals surface area contributed by atoms with E-state index in [1.54, 1.807) is 0 Å². The molecule has 9 rings (SSSR count). The summed E-state index contributed by atoms with van der Waals surface area (Å²) in [5, 5.41) is 0. The van der Waals surface area contributed by atoms with Crippen molar-refractivity contribution in [2.24, 2.45) is 0 Å². The molecule has 0 amide bonds. The van der Waals surface area contributed by atoms with Gasteiger partial charge in [0.1, 0.15) is 0 Å². The number of nitrogens with zero attached hydrogens (tertiary/aromatic N) is 6. The molecule has 3 aromatic rings. The average Bonchev–Trinajstić information content (AvgIpc) is 4.12. The average molecular weight is 795 g/mol. The van der Waals surface area contributed by atoms with Gasteiger partial charge in [0, 0.05) is 96.7 Å². The topological polar surface area (TPSA) is 70.3 Å². The minimum absolute atomic E-state index is 0.865. The van der Waals surface area contributed by atoms with Crippen LogP contribution >= 0.6 is 0 Å². The van der Waals surface area contributed by atoms with Gasteiger partial charge in [0.2, 0.25) is 0 Å². The summed E-state index contributed by atoms with van der Waals surface area (Å²) in [5.41, 5.74) is 17.0. The van der Waals surface area contributed by atoms with Crippen LogP contribution in [-0.2, 0) is 0 Å². The van der Waals surface area contributed by atoms with Crippen LogP contribution in [0.2, 0.25) is 0 Å². The van der Waals surface area contributed by atoms with Crippen molar-refractivity contribution >= 4 is 68.7 Å². The van der Waals surface area contributed by atoms with Gasteiger partial charge in [-0.2, -0.15) is 0 Å². The quantitative estimate of drug-likeness (QED) is 0.131. The van der Waals surface area contributed by atoms with Gasteiger partial charge in [-0.1, -0.05) is 52.0 Å². The third-order valence-corrected chi connectivity index (χ3v) is 12.0. The maximum atomic E-state index is 5.54. The van der Waals surface area contributed by atoms with Crippen LogP contribution in [0.4, 0.5) is 0 Å². The van der Waals surface area contributed by atoms with Gasteiger partial charge in [-0.05, 0) is 146 Å². The zero-order valence-electron chi connectivity index (χ0n) is 35.7. The molecule has 9 heterocycles. The lowest BCUT2D eigenvalue weighted by molar-refractivity contribution is 0.412. The predicted molar refractivity (Wildman–Crippen MR) is 255 cm³/mol. The molecule has 0 radical (unpaired) electrons. The molecule has 0 spiro atoms. The van der Waals surface area contributed by atoms with E-state index in [9.17, 15) is 0 Å². The smallest absolute Gasteiger partial charge is 0.0737 e. The summed E-state index contributed by atoms with van der Waals surface area (Å²) in [7, 11) is 0. The Morgan fingerprint density at radius 2 is 0.633 bits per heavy atom. The minimum Gasteiger partial charge on any atom is -0.374 e. The molecule has 0 fully saturated rings. The van der Waals surface area contributed by atoms with Gasteiger partial charge in [0.05, 0.1) is 22.8 Å². The first-order valence-corrected chi connectivity index (χ1v) is 22.2. The standard InChI is InChI=1S/C52H58N8/c1-5-25-57-29-17-37(18-30-57)49-41-9-11-43(53-41)50(38-19-31-58(26-6-2)32-20-38)45-13-15-47(55-45)52(40-23-35-60(28-8-4)36-24-40)48-16-14-46(56-48)51(44-12-10-42(49)54-44)39-21-33-59(27-7-3)34-22-39/h9-24,29,31,33,35,53,56H,5-8,25-28,30,32,34,36H2,1-4H3.